The number of fused-ring (bicyclic) bond motifs is 22. The molecule has 0 amide bonds. The van der Waals surface area contributed by atoms with E-state index in [0.717, 1.165) is 164 Å². The molecule has 0 saturated carbocycles. The van der Waals surface area contributed by atoms with Crippen molar-refractivity contribution in [1.82, 2.24) is 48.6 Å². The molecule has 0 aliphatic rings. The summed E-state index contributed by atoms with van der Waals surface area (Å²) in [6.07, 6.45) is 0. The molecular weight excluding hydrogens is 1480 g/mol. The van der Waals surface area contributed by atoms with Crippen LogP contribution in [0, 0.1) is 0 Å². The zero-order chi connectivity index (χ0) is 76.0. The van der Waals surface area contributed by atoms with Crippen LogP contribution in [0.15, 0.2) is 389 Å². The monoisotopic (exact) mass is 1540 g/mol. The zero-order valence-corrected chi connectivity index (χ0v) is 63.1. The van der Waals surface area contributed by atoms with Crippen molar-refractivity contribution in [1.29, 1.82) is 0 Å². The van der Waals surface area contributed by atoms with Gasteiger partial charge in [0.1, 0.15) is 22.3 Å². The van der Waals surface area contributed by atoms with Gasteiger partial charge in [0.2, 0.25) is 0 Å². The molecule has 0 aliphatic heterocycles. The lowest BCUT2D eigenvalue weighted by Gasteiger charge is -2.11. The molecule has 0 spiro atoms. The van der Waals surface area contributed by atoms with E-state index in [1.54, 1.807) is 0 Å². The molecule has 1 N–H and O–H groups in total. The summed E-state index contributed by atoms with van der Waals surface area (Å²) in [5, 5.41) is 13.7. The number of hydrogen-bond acceptors (Lipinski definition) is 8. The minimum atomic E-state index is 0.615. The molecule has 13 heteroatoms. The molecule has 8 heterocycles. The normalized spacial score (nSPS) is 11.7. The molecule has 0 unspecified atom stereocenters. The molecule has 16 aromatic carbocycles. The Kier molecular flexibility index (Phi) is 16.1. The highest BCUT2D eigenvalue weighted by molar-refractivity contribution is 9.10. The van der Waals surface area contributed by atoms with Crippen LogP contribution >= 0.6 is 15.9 Å². The number of aromatic amines is 1. The average Bonchev–Trinajstić information content (AvgIpc) is 1.55. The fourth-order valence-corrected chi connectivity index (χ4v) is 17.1. The molecule has 540 valence electrons. The number of benzene rings is 16. The van der Waals surface area contributed by atoms with E-state index in [1.807, 2.05) is 146 Å². The van der Waals surface area contributed by atoms with Crippen LogP contribution < -0.4 is 0 Å². The number of furan rings is 2. The molecule has 0 atom stereocenters. The van der Waals surface area contributed by atoms with Crippen LogP contribution in [0.5, 0.6) is 0 Å². The lowest BCUT2D eigenvalue weighted by atomic mass is 10.1. The van der Waals surface area contributed by atoms with Gasteiger partial charge in [-0.25, -0.2) is 29.9 Å². The average molecular weight is 1540 g/mol. The maximum absolute atomic E-state index is 7.14. The van der Waals surface area contributed by atoms with Gasteiger partial charge < -0.3 is 27.5 Å². The summed E-state index contributed by atoms with van der Waals surface area (Å²) >= 11 is 3.52. The smallest absolute Gasteiger partial charge is 0.164 e. The number of aromatic nitrogens is 10. The third kappa shape index (κ3) is 11.4. The van der Waals surface area contributed by atoms with E-state index in [4.69, 9.17) is 33.8 Å². The van der Waals surface area contributed by atoms with Gasteiger partial charge in [-0.2, -0.15) is 0 Å². The Morgan fingerprint density at radius 1 is 0.209 bits per heavy atom. The van der Waals surface area contributed by atoms with E-state index < -0.39 is 0 Å². The summed E-state index contributed by atoms with van der Waals surface area (Å²) < 4.78 is 21.9. The van der Waals surface area contributed by atoms with Gasteiger partial charge in [-0.1, -0.05) is 271 Å². The van der Waals surface area contributed by atoms with Crippen LogP contribution in [0.3, 0.4) is 0 Å². The summed E-state index contributed by atoms with van der Waals surface area (Å²) in [6, 6.07) is 130. The highest BCUT2D eigenvalue weighted by Gasteiger charge is 2.26. The molecule has 115 heavy (non-hydrogen) atoms. The lowest BCUT2D eigenvalue weighted by molar-refractivity contribution is 0.676. The van der Waals surface area contributed by atoms with Gasteiger partial charge in [0.15, 0.2) is 34.9 Å². The van der Waals surface area contributed by atoms with Gasteiger partial charge in [0.05, 0.1) is 60.2 Å². The maximum atomic E-state index is 7.14. The number of halogens is 1. The van der Waals surface area contributed by atoms with Crippen LogP contribution in [0.1, 0.15) is 0 Å². The van der Waals surface area contributed by atoms with E-state index in [2.05, 4.69) is 270 Å². The zero-order valence-electron chi connectivity index (χ0n) is 61.5. The predicted octanol–water partition coefficient (Wildman–Crippen LogP) is 26.9. The first kappa shape index (κ1) is 66.8. The highest BCUT2D eigenvalue weighted by atomic mass is 79.9. The quantitative estimate of drug-likeness (QED) is 0.151. The Bertz CT molecular complexity index is 7800. The van der Waals surface area contributed by atoms with E-state index in [-0.39, 0.29) is 0 Å². The van der Waals surface area contributed by atoms with Gasteiger partial charge in [-0.15, -0.1) is 0 Å². The van der Waals surface area contributed by atoms with Crippen molar-refractivity contribution < 1.29 is 8.83 Å². The molecule has 0 radical (unpaired) electrons. The van der Waals surface area contributed by atoms with Gasteiger partial charge in [-0.05, 0) is 121 Å². The summed E-state index contributed by atoms with van der Waals surface area (Å²) in [5.74, 6) is 3.89. The molecule has 0 aliphatic carbocycles. The Balaban J connectivity index is 0.000000117. The third-order valence-electron chi connectivity index (χ3n) is 21.9. The van der Waals surface area contributed by atoms with Crippen LogP contribution in [0.4, 0.5) is 0 Å². The first-order valence-corrected chi connectivity index (χ1v) is 39.1. The number of para-hydroxylation sites is 6. The number of rotatable bonds is 9. The number of nitrogens with zero attached hydrogens (tertiary/aromatic N) is 9. The van der Waals surface area contributed by atoms with E-state index in [9.17, 15) is 0 Å². The summed E-state index contributed by atoms with van der Waals surface area (Å²) in [5.41, 5.74) is 21.6. The predicted molar refractivity (Wildman–Crippen MR) is 473 cm³/mol. The molecule has 12 nitrogen and oxygen atoms in total. The molecule has 0 bridgehead atoms. The summed E-state index contributed by atoms with van der Waals surface area (Å²) in [7, 11) is 0. The Morgan fingerprint density at radius 2 is 0.504 bits per heavy atom. The highest BCUT2D eigenvalue weighted by Crippen LogP contribution is 2.47. The first-order chi connectivity index (χ1) is 57.0. The van der Waals surface area contributed by atoms with Crippen molar-refractivity contribution in [2.24, 2.45) is 0 Å². The van der Waals surface area contributed by atoms with Crippen molar-refractivity contribution in [3.63, 3.8) is 0 Å². The second-order valence-electron chi connectivity index (χ2n) is 28.6. The van der Waals surface area contributed by atoms with Crippen LogP contribution in [0.25, 0.3) is 216 Å². The van der Waals surface area contributed by atoms with Crippen molar-refractivity contribution in [3.8, 4) is 85.4 Å². The van der Waals surface area contributed by atoms with E-state index in [1.165, 1.54) is 21.7 Å². The third-order valence-corrected chi connectivity index (χ3v) is 22.4. The fraction of sp³-hybridized carbons (Fsp3) is 0. The van der Waals surface area contributed by atoms with Crippen molar-refractivity contribution >= 4 is 147 Å². The number of nitrogens with one attached hydrogen (secondary N) is 1. The molecule has 0 fully saturated rings. The molecule has 24 rings (SSSR count). The second kappa shape index (κ2) is 27.7. The number of hydrogen-bond donors (Lipinski definition) is 1. The minimum Gasteiger partial charge on any atom is -0.455 e. The molecule has 0 saturated heterocycles. The van der Waals surface area contributed by atoms with Crippen LogP contribution in [-0.4, -0.2) is 48.6 Å². The number of H-pyrrole nitrogens is 1. The van der Waals surface area contributed by atoms with E-state index in [0.29, 0.717) is 34.9 Å². The summed E-state index contributed by atoms with van der Waals surface area (Å²) in [4.78, 5) is 32.6. The maximum Gasteiger partial charge on any atom is 0.164 e. The topological polar surface area (TPSA) is 134 Å². The standard InChI is InChI=1S/C51H31N5O.C30H18N2O.C21H14BrN3/c1-4-15-32(16-5-1)49-52-50(33-17-6-2-7-18-33)54-51(53-49)34-19-14-22-36(31-34)56-42-26-13-11-24-40(42)46-44(56)30-28-38-37-27-29-43-45(47(37)57-48(38)46)39-23-10-12-25-41(39)55(43)35-20-8-3-9-21-35;1-2-8-18(9-3-1)32-25-13-7-5-11-22(25)28-26(32)17-15-20-19-14-16-24-27(29(19)33-30(20)28)21-10-4-6-12-23(21)31-24;22-18-13-7-12-17(14-18)21-24-19(15-8-3-1-4-9-15)23-20(25-21)16-10-5-2-6-11-16/h1-31H;1-17,31H;1-14H. The van der Waals surface area contributed by atoms with E-state index >= 15 is 0 Å². The SMILES string of the molecule is Brc1cccc(-c2nc(-c3ccccc3)nc(-c3ccccc3)n2)c1.c1ccc(-c2nc(-c3ccccc3)nc(-c3cccc(-n4c5ccccc5c5c6oc7c(ccc8c7c7ccccc7n8-c7ccccc7)c6ccc54)c3)n2)cc1.c1ccc(-n2c3ccccc3c3c4oc5c(ccc6[nH]c7ccccc7c65)c4ccc32)cc1. The van der Waals surface area contributed by atoms with Crippen molar-refractivity contribution in [3.05, 3.63) is 381 Å². The van der Waals surface area contributed by atoms with Crippen LogP contribution in [0.2, 0.25) is 0 Å². The van der Waals surface area contributed by atoms with Gasteiger partial charge >= 0.3 is 0 Å². The Morgan fingerprint density at radius 3 is 0.904 bits per heavy atom. The van der Waals surface area contributed by atoms with Gasteiger partial charge in [-0.3, -0.25) is 0 Å². The molecule has 24 aromatic rings. The molecule has 8 aromatic heterocycles. The lowest BCUT2D eigenvalue weighted by Crippen LogP contribution is -2.01. The largest absolute Gasteiger partial charge is 0.455 e. The fourth-order valence-electron chi connectivity index (χ4n) is 16.7. The Labute approximate surface area is 665 Å². The van der Waals surface area contributed by atoms with Gasteiger partial charge in [0, 0.05) is 104 Å². The molecular formula is C102H63BrN10O2. The minimum absolute atomic E-state index is 0.615. The van der Waals surface area contributed by atoms with Gasteiger partial charge in [0.25, 0.3) is 0 Å². The Hall–Kier alpha value is -15.2. The van der Waals surface area contributed by atoms with Crippen molar-refractivity contribution in [2.75, 3.05) is 0 Å². The van der Waals surface area contributed by atoms with Crippen LogP contribution in [-0.2, 0) is 0 Å². The first-order valence-electron chi connectivity index (χ1n) is 38.3. The van der Waals surface area contributed by atoms with Crippen molar-refractivity contribution in [2.45, 2.75) is 0 Å². The summed E-state index contributed by atoms with van der Waals surface area (Å²) in [6.45, 7) is 0. The second-order valence-corrected chi connectivity index (χ2v) is 29.5.